The van der Waals surface area contributed by atoms with Gasteiger partial charge in [0, 0.05) is 36.7 Å². The topological polar surface area (TPSA) is 69.6 Å². The van der Waals surface area contributed by atoms with Crippen LogP contribution in [-0.4, -0.2) is 36.1 Å². The molecular weight excluding hydrogens is 304 g/mol. The molecule has 1 saturated carbocycles. The van der Waals surface area contributed by atoms with E-state index in [9.17, 15) is 14.7 Å². The van der Waals surface area contributed by atoms with Crippen LogP contribution in [0, 0.1) is 5.92 Å². The summed E-state index contributed by atoms with van der Waals surface area (Å²) in [5.41, 5.74) is 1.95. The van der Waals surface area contributed by atoms with Crippen LogP contribution in [0.2, 0.25) is 0 Å². The first-order valence-corrected chi connectivity index (χ1v) is 8.94. The molecule has 130 valence electrons. The van der Waals surface area contributed by atoms with Gasteiger partial charge in [0.15, 0.2) is 0 Å². The molecule has 0 radical (unpaired) electrons. The van der Waals surface area contributed by atoms with Gasteiger partial charge in [-0.15, -0.1) is 0 Å². The Morgan fingerprint density at radius 3 is 2.75 bits per heavy atom. The Morgan fingerprint density at radius 2 is 1.96 bits per heavy atom. The van der Waals surface area contributed by atoms with E-state index >= 15 is 0 Å². The molecule has 2 amide bonds. The number of carbonyl (C=O) groups excluding carboxylic acids is 2. The molecule has 1 heterocycles. The molecule has 24 heavy (non-hydrogen) atoms. The van der Waals surface area contributed by atoms with Crippen LogP contribution in [0.15, 0.2) is 24.3 Å². The lowest BCUT2D eigenvalue weighted by Gasteiger charge is -2.25. The first-order chi connectivity index (χ1) is 11.6. The Kier molecular flexibility index (Phi) is 5.19. The van der Waals surface area contributed by atoms with E-state index < -0.39 is 11.8 Å². The molecule has 0 bridgehead atoms. The Labute approximate surface area is 143 Å². The SMILES string of the molecule is CC1CN(C(=O)C(=O)NC2CCCCCC2CO)c2ccccc21. The number of aliphatic hydroxyl groups excluding tert-OH is 1. The smallest absolute Gasteiger partial charge is 0.316 e. The molecule has 0 spiro atoms. The van der Waals surface area contributed by atoms with E-state index in [1.807, 2.05) is 24.3 Å². The fourth-order valence-electron chi connectivity index (χ4n) is 3.96. The number of benzene rings is 1. The molecule has 0 saturated heterocycles. The molecule has 1 aliphatic heterocycles. The molecule has 1 aromatic rings. The number of hydrogen-bond acceptors (Lipinski definition) is 3. The van der Waals surface area contributed by atoms with Gasteiger partial charge in [-0.3, -0.25) is 9.59 Å². The quantitative estimate of drug-likeness (QED) is 0.645. The van der Waals surface area contributed by atoms with Crippen molar-refractivity contribution >= 4 is 17.5 Å². The van der Waals surface area contributed by atoms with Crippen LogP contribution < -0.4 is 10.2 Å². The first-order valence-electron chi connectivity index (χ1n) is 8.94. The number of nitrogens with one attached hydrogen (secondary N) is 1. The molecule has 3 unspecified atom stereocenters. The zero-order valence-corrected chi connectivity index (χ0v) is 14.2. The number of rotatable bonds is 2. The third kappa shape index (κ3) is 3.31. The third-order valence-corrected chi connectivity index (χ3v) is 5.36. The van der Waals surface area contributed by atoms with E-state index in [0.29, 0.717) is 6.54 Å². The van der Waals surface area contributed by atoms with Crippen molar-refractivity contribution in [1.82, 2.24) is 5.32 Å². The summed E-state index contributed by atoms with van der Waals surface area (Å²) in [6, 6.07) is 7.65. The van der Waals surface area contributed by atoms with E-state index in [4.69, 9.17) is 0 Å². The molecule has 0 aromatic heterocycles. The van der Waals surface area contributed by atoms with Crippen molar-refractivity contribution in [2.75, 3.05) is 18.1 Å². The van der Waals surface area contributed by atoms with Crippen molar-refractivity contribution in [3.05, 3.63) is 29.8 Å². The number of hydrogen-bond donors (Lipinski definition) is 2. The minimum absolute atomic E-state index is 0.0500. The fourth-order valence-corrected chi connectivity index (χ4v) is 3.96. The Morgan fingerprint density at radius 1 is 1.21 bits per heavy atom. The first kappa shape index (κ1) is 17.0. The second-order valence-electron chi connectivity index (χ2n) is 7.04. The minimum Gasteiger partial charge on any atom is -0.396 e. The monoisotopic (exact) mass is 330 g/mol. The standard InChI is InChI=1S/C19H26N2O3/c1-13-11-21(17-10-6-5-8-15(13)17)19(24)18(23)20-16-9-4-2-3-7-14(16)12-22/h5-6,8,10,13-14,16,22H,2-4,7,9,11-12H2,1H3,(H,20,23). The highest BCUT2D eigenvalue weighted by Crippen LogP contribution is 2.35. The highest BCUT2D eigenvalue weighted by molar-refractivity contribution is 6.40. The number of nitrogens with zero attached hydrogens (tertiary/aromatic N) is 1. The van der Waals surface area contributed by atoms with Crippen LogP contribution in [0.3, 0.4) is 0 Å². The summed E-state index contributed by atoms with van der Waals surface area (Å²) in [5.74, 6) is -0.757. The predicted octanol–water partition coefficient (Wildman–Crippen LogP) is 2.19. The molecule has 2 N–H and O–H groups in total. The highest BCUT2D eigenvalue weighted by Gasteiger charge is 2.34. The molecule has 5 heteroatoms. The van der Waals surface area contributed by atoms with Crippen LogP contribution in [0.1, 0.15) is 50.5 Å². The van der Waals surface area contributed by atoms with Gasteiger partial charge in [-0.05, 0) is 24.5 Å². The summed E-state index contributed by atoms with van der Waals surface area (Å²) in [5, 5.41) is 12.5. The molecular formula is C19H26N2O3. The Balaban J connectivity index is 1.70. The van der Waals surface area contributed by atoms with Crippen LogP contribution >= 0.6 is 0 Å². The lowest BCUT2D eigenvalue weighted by molar-refractivity contribution is -0.138. The molecule has 5 nitrogen and oxygen atoms in total. The fraction of sp³-hybridized carbons (Fsp3) is 0.579. The summed E-state index contributed by atoms with van der Waals surface area (Å²) in [6.45, 7) is 2.67. The lowest BCUT2D eigenvalue weighted by atomic mass is 9.95. The largest absolute Gasteiger partial charge is 0.396 e. The third-order valence-electron chi connectivity index (χ3n) is 5.36. The van der Waals surface area contributed by atoms with E-state index in [-0.39, 0.29) is 24.5 Å². The van der Waals surface area contributed by atoms with E-state index in [2.05, 4.69) is 12.2 Å². The van der Waals surface area contributed by atoms with Crippen molar-refractivity contribution in [3.8, 4) is 0 Å². The predicted molar refractivity (Wildman–Crippen MR) is 92.8 cm³/mol. The van der Waals surface area contributed by atoms with Gasteiger partial charge in [0.2, 0.25) is 0 Å². The van der Waals surface area contributed by atoms with Gasteiger partial charge >= 0.3 is 11.8 Å². The Hall–Kier alpha value is -1.88. The van der Waals surface area contributed by atoms with Crippen LogP contribution in [0.25, 0.3) is 0 Å². The zero-order chi connectivity index (χ0) is 17.1. The minimum atomic E-state index is -0.552. The Bertz CT molecular complexity index is 616. The van der Waals surface area contributed by atoms with E-state index in [0.717, 1.165) is 43.4 Å². The average Bonchev–Trinajstić information content (AvgIpc) is 2.78. The number of amides is 2. The van der Waals surface area contributed by atoms with Gasteiger partial charge in [-0.25, -0.2) is 0 Å². The molecule has 1 aromatic carbocycles. The zero-order valence-electron chi connectivity index (χ0n) is 14.2. The summed E-state index contributed by atoms with van der Waals surface area (Å²) >= 11 is 0. The second kappa shape index (κ2) is 7.34. The summed E-state index contributed by atoms with van der Waals surface area (Å²) < 4.78 is 0. The van der Waals surface area contributed by atoms with Crippen molar-refractivity contribution in [3.63, 3.8) is 0 Å². The number of fused-ring (bicyclic) bond motifs is 1. The number of para-hydroxylation sites is 1. The number of anilines is 1. The second-order valence-corrected chi connectivity index (χ2v) is 7.04. The molecule has 1 fully saturated rings. The average molecular weight is 330 g/mol. The van der Waals surface area contributed by atoms with Gasteiger partial charge in [0.1, 0.15) is 0 Å². The van der Waals surface area contributed by atoms with Crippen molar-refractivity contribution in [2.24, 2.45) is 5.92 Å². The van der Waals surface area contributed by atoms with Gasteiger partial charge in [0.25, 0.3) is 0 Å². The maximum atomic E-state index is 12.7. The van der Waals surface area contributed by atoms with Crippen LogP contribution in [0.5, 0.6) is 0 Å². The van der Waals surface area contributed by atoms with Gasteiger partial charge in [-0.1, -0.05) is 44.4 Å². The number of carbonyl (C=O) groups is 2. The molecule has 3 atom stereocenters. The van der Waals surface area contributed by atoms with Gasteiger partial charge in [0.05, 0.1) is 0 Å². The van der Waals surface area contributed by atoms with Gasteiger partial charge in [-0.2, -0.15) is 0 Å². The maximum absolute atomic E-state index is 12.7. The highest BCUT2D eigenvalue weighted by atomic mass is 16.3. The van der Waals surface area contributed by atoms with Crippen molar-refractivity contribution < 1.29 is 14.7 Å². The van der Waals surface area contributed by atoms with E-state index in [1.54, 1.807) is 4.90 Å². The van der Waals surface area contributed by atoms with Crippen molar-refractivity contribution in [2.45, 2.75) is 51.0 Å². The molecule has 3 rings (SSSR count). The normalized spacial score (nSPS) is 26.6. The van der Waals surface area contributed by atoms with Crippen LogP contribution in [0.4, 0.5) is 5.69 Å². The summed E-state index contributed by atoms with van der Waals surface area (Å²) in [4.78, 5) is 26.7. The summed E-state index contributed by atoms with van der Waals surface area (Å²) in [7, 11) is 0. The van der Waals surface area contributed by atoms with Gasteiger partial charge < -0.3 is 15.3 Å². The van der Waals surface area contributed by atoms with Crippen LogP contribution in [-0.2, 0) is 9.59 Å². The lowest BCUT2D eigenvalue weighted by Crippen LogP contribution is -2.49. The van der Waals surface area contributed by atoms with E-state index in [1.165, 1.54) is 0 Å². The summed E-state index contributed by atoms with van der Waals surface area (Å²) in [6.07, 6.45) is 4.95. The number of aliphatic hydroxyl groups is 1. The van der Waals surface area contributed by atoms with Crippen molar-refractivity contribution in [1.29, 1.82) is 0 Å². The molecule has 2 aliphatic rings. The maximum Gasteiger partial charge on any atom is 0.316 e. The molecule has 1 aliphatic carbocycles.